The molecular weight excluding hydrogens is 244 g/mol. The average Bonchev–Trinajstić information content (AvgIpc) is 2.69. The maximum absolute atomic E-state index is 6.16. The predicted octanol–water partition coefficient (Wildman–Crippen LogP) is 2.50. The minimum Gasteiger partial charge on any atom is -0.376 e. The van der Waals surface area contributed by atoms with Crippen LogP contribution < -0.4 is 0 Å². The number of rotatable bonds is 4. The molecule has 0 aromatic rings. The molecule has 0 amide bonds. The second-order valence-electron chi connectivity index (χ2n) is 6.12. The Balaban J connectivity index is 1.48. The van der Waals surface area contributed by atoms with E-state index in [1.165, 1.54) is 38.5 Å². The van der Waals surface area contributed by atoms with Crippen molar-refractivity contribution in [3.63, 3.8) is 0 Å². The summed E-state index contributed by atoms with van der Waals surface area (Å²) in [5.74, 6) is 0.739. The second-order valence-corrected chi connectivity index (χ2v) is 6.12. The smallest absolute Gasteiger partial charge is 0.184 e. The van der Waals surface area contributed by atoms with Gasteiger partial charge in [0.2, 0.25) is 0 Å². The standard InChI is InChI=1S/C15H26O4/c1-16-13-8-12(14-10-18-15(13)19-14)17-9-11-6-4-2-3-5-7-11/h11-15H,2-10H2,1H3/t12-,13+,14+,15?/m0/s1. The Morgan fingerprint density at radius 1 is 1.05 bits per heavy atom. The molecule has 0 radical (unpaired) electrons. The molecular formula is C15H26O4. The number of hydrogen-bond acceptors (Lipinski definition) is 4. The van der Waals surface area contributed by atoms with Gasteiger partial charge in [-0.3, -0.25) is 0 Å². The molecule has 2 aliphatic heterocycles. The molecule has 3 rings (SSSR count). The summed E-state index contributed by atoms with van der Waals surface area (Å²) in [5.41, 5.74) is 0. The first kappa shape index (κ1) is 13.8. The molecule has 110 valence electrons. The quantitative estimate of drug-likeness (QED) is 0.736. The van der Waals surface area contributed by atoms with Gasteiger partial charge in [-0.2, -0.15) is 0 Å². The van der Waals surface area contributed by atoms with E-state index in [9.17, 15) is 0 Å². The first-order valence-corrected chi connectivity index (χ1v) is 7.78. The lowest BCUT2D eigenvalue weighted by Crippen LogP contribution is -2.44. The van der Waals surface area contributed by atoms with Crippen LogP contribution in [0.15, 0.2) is 0 Å². The summed E-state index contributed by atoms with van der Waals surface area (Å²) in [6.45, 7) is 1.53. The molecule has 4 heteroatoms. The third-order valence-electron chi connectivity index (χ3n) is 4.74. The van der Waals surface area contributed by atoms with Crippen LogP contribution in [0.25, 0.3) is 0 Å². The third kappa shape index (κ3) is 3.30. The van der Waals surface area contributed by atoms with E-state index in [0.29, 0.717) is 6.61 Å². The van der Waals surface area contributed by atoms with Crippen LogP contribution in [0, 0.1) is 5.92 Å². The zero-order chi connectivity index (χ0) is 13.1. The molecule has 4 atom stereocenters. The summed E-state index contributed by atoms with van der Waals surface area (Å²) in [4.78, 5) is 0. The SMILES string of the molecule is CO[C@@H]1C[C@H](OCC2CCCCCC2)[C@H]2COC1O2. The van der Waals surface area contributed by atoms with Gasteiger partial charge < -0.3 is 18.9 Å². The molecule has 0 N–H and O–H groups in total. The highest BCUT2D eigenvalue weighted by Crippen LogP contribution is 2.32. The lowest BCUT2D eigenvalue weighted by Gasteiger charge is -2.33. The Labute approximate surface area is 115 Å². The fraction of sp³-hybridized carbons (Fsp3) is 1.00. The number of hydrogen-bond donors (Lipinski definition) is 0. The minimum absolute atomic E-state index is 0.0258. The largest absolute Gasteiger partial charge is 0.376 e. The van der Waals surface area contributed by atoms with Gasteiger partial charge in [0, 0.05) is 20.1 Å². The molecule has 3 aliphatic rings. The molecule has 1 saturated carbocycles. The third-order valence-corrected chi connectivity index (χ3v) is 4.74. The summed E-state index contributed by atoms with van der Waals surface area (Å²) in [5, 5.41) is 0. The van der Waals surface area contributed by atoms with Crippen molar-refractivity contribution in [1.82, 2.24) is 0 Å². The Morgan fingerprint density at radius 3 is 2.58 bits per heavy atom. The molecule has 19 heavy (non-hydrogen) atoms. The Morgan fingerprint density at radius 2 is 1.84 bits per heavy atom. The molecule has 0 aromatic carbocycles. The van der Waals surface area contributed by atoms with Gasteiger partial charge in [-0.05, 0) is 18.8 Å². The van der Waals surface area contributed by atoms with Crippen molar-refractivity contribution in [2.45, 2.75) is 69.5 Å². The molecule has 3 fully saturated rings. The van der Waals surface area contributed by atoms with Crippen LogP contribution in [0.4, 0.5) is 0 Å². The molecule has 2 saturated heterocycles. The van der Waals surface area contributed by atoms with Crippen LogP contribution in [0.3, 0.4) is 0 Å². The van der Waals surface area contributed by atoms with E-state index in [1.807, 2.05) is 0 Å². The van der Waals surface area contributed by atoms with Crippen LogP contribution in [-0.4, -0.2) is 44.9 Å². The van der Waals surface area contributed by atoms with Gasteiger partial charge in [-0.25, -0.2) is 0 Å². The highest BCUT2D eigenvalue weighted by Gasteiger charge is 2.44. The van der Waals surface area contributed by atoms with E-state index in [2.05, 4.69) is 0 Å². The van der Waals surface area contributed by atoms with Crippen LogP contribution >= 0.6 is 0 Å². The zero-order valence-corrected chi connectivity index (χ0v) is 11.9. The highest BCUT2D eigenvalue weighted by molar-refractivity contribution is 4.87. The van der Waals surface area contributed by atoms with Crippen LogP contribution in [0.1, 0.15) is 44.9 Å². The lowest BCUT2D eigenvalue weighted by molar-refractivity contribution is -0.200. The monoisotopic (exact) mass is 270 g/mol. The topological polar surface area (TPSA) is 36.9 Å². The molecule has 1 aliphatic carbocycles. The summed E-state index contributed by atoms with van der Waals surface area (Å²) >= 11 is 0. The summed E-state index contributed by atoms with van der Waals surface area (Å²) in [6, 6.07) is 0. The summed E-state index contributed by atoms with van der Waals surface area (Å²) in [6.07, 6.45) is 9.18. The van der Waals surface area contributed by atoms with E-state index in [-0.39, 0.29) is 24.6 Å². The molecule has 4 nitrogen and oxygen atoms in total. The van der Waals surface area contributed by atoms with Crippen LogP contribution in [0.5, 0.6) is 0 Å². The molecule has 2 bridgehead atoms. The van der Waals surface area contributed by atoms with Crippen molar-refractivity contribution >= 4 is 0 Å². The first-order chi connectivity index (χ1) is 9.36. The normalized spacial score (nSPS) is 40.3. The van der Waals surface area contributed by atoms with Crippen molar-refractivity contribution in [3.05, 3.63) is 0 Å². The van der Waals surface area contributed by atoms with E-state index < -0.39 is 0 Å². The molecule has 2 heterocycles. The highest BCUT2D eigenvalue weighted by atomic mass is 16.7. The Bertz CT molecular complexity index is 275. The van der Waals surface area contributed by atoms with E-state index in [1.54, 1.807) is 7.11 Å². The van der Waals surface area contributed by atoms with Crippen molar-refractivity contribution in [2.24, 2.45) is 5.92 Å². The first-order valence-electron chi connectivity index (χ1n) is 7.78. The number of fused-ring (bicyclic) bond motifs is 2. The second kappa shape index (κ2) is 6.53. The van der Waals surface area contributed by atoms with Gasteiger partial charge in [0.25, 0.3) is 0 Å². The van der Waals surface area contributed by atoms with Gasteiger partial charge in [-0.15, -0.1) is 0 Å². The van der Waals surface area contributed by atoms with Crippen molar-refractivity contribution in [1.29, 1.82) is 0 Å². The zero-order valence-electron chi connectivity index (χ0n) is 11.9. The maximum atomic E-state index is 6.16. The number of ether oxygens (including phenoxy) is 4. The van der Waals surface area contributed by atoms with Gasteiger partial charge >= 0.3 is 0 Å². The van der Waals surface area contributed by atoms with Crippen molar-refractivity contribution in [3.8, 4) is 0 Å². The van der Waals surface area contributed by atoms with Crippen molar-refractivity contribution < 1.29 is 18.9 Å². The van der Waals surface area contributed by atoms with Crippen LogP contribution in [-0.2, 0) is 18.9 Å². The fourth-order valence-corrected chi connectivity index (χ4v) is 3.50. The summed E-state index contributed by atoms with van der Waals surface area (Å²) < 4.78 is 23.0. The van der Waals surface area contributed by atoms with Gasteiger partial charge in [0.1, 0.15) is 12.2 Å². The molecule has 1 unspecified atom stereocenters. The summed E-state index contributed by atoms with van der Waals surface area (Å²) in [7, 11) is 1.72. The predicted molar refractivity (Wildman–Crippen MR) is 71.0 cm³/mol. The Hall–Kier alpha value is -0.160. The van der Waals surface area contributed by atoms with E-state index in [0.717, 1.165) is 18.9 Å². The molecule has 0 spiro atoms. The fourth-order valence-electron chi connectivity index (χ4n) is 3.50. The number of methoxy groups -OCH3 is 1. The van der Waals surface area contributed by atoms with Gasteiger partial charge in [-0.1, -0.05) is 25.7 Å². The van der Waals surface area contributed by atoms with Crippen molar-refractivity contribution in [2.75, 3.05) is 20.3 Å². The minimum atomic E-state index is -0.173. The van der Waals surface area contributed by atoms with Gasteiger partial charge in [0.15, 0.2) is 6.29 Å². The lowest BCUT2D eigenvalue weighted by atomic mass is 10.0. The molecule has 0 aromatic heterocycles. The van der Waals surface area contributed by atoms with E-state index in [4.69, 9.17) is 18.9 Å². The average molecular weight is 270 g/mol. The maximum Gasteiger partial charge on any atom is 0.184 e. The van der Waals surface area contributed by atoms with E-state index >= 15 is 0 Å². The Kier molecular flexibility index (Phi) is 4.74. The van der Waals surface area contributed by atoms with Gasteiger partial charge in [0.05, 0.1) is 12.7 Å². The van der Waals surface area contributed by atoms with Crippen LogP contribution in [0.2, 0.25) is 0 Å².